The zero-order valence-electron chi connectivity index (χ0n) is 16.1. The minimum Gasteiger partial charge on any atom is -0.489 e. The summed E-state index contributed by atoms with van der Waals surface area (Å²) < 4.78 is 5.52. The Balaban J connectivity index is 0.000000350. The van der Waals surface area contributed by atoms with Crippen molar-refractivity contribution in [2.75, 3.05) is 13.2 Å². The van der Waals surface area contributed by atoms with Crippen LogP contribution in [0, 0.1) is 6.92 Å². The minimum absolute atomic E-state index is 0.0119. The second-order valence-corrected chi connectivity index (χ2v) is 7.55. The van der Waals surface area contributed by atoms with E-state index in [2.05, 4.69) is 32.7 Å². The van der Waals surface area contributed by atoms with Gasteiger partial charge in [0.2, 0.25) is 0 Å². The summed E-state index contributed by atoms with van der Waals surface area (Å²) in [6.07, 6.45) is 1.28. The summed E-state index contributed by atoms with van der Waals surface area (Å²) in [7, 11) is 0. The predicted octanol–water partition coefficient (Wildman–Crippen LogP) is 5.11. The monoisotopic (exact) mass is 375 g/mol. The molecule has 1 unspecified atom stereocenters. The number of aliphatic hydroxyl groups excluding tert-OH is 1. The Morgan fingerprint density at radius 2 is 1.85 bits per heavy atom. The van der Waals surface area contributed by atoms with Crippen LogP contribution >= 0.6 is 11.6 Å². The van der Waals surface area contributed by atoms with Gasteiger partial charge in [-0.05, 0) is 51.0 Å². The Morgan fingerprint density at radius 3 is 2.38 bits per heavy atom. The second-order valence-electron chi connectivity index (χ2n) is 7.14. The molecule has 26 heavy (non-hydrogen) atoms. The standard InChI is InChI=1S/C14H22ClNO2.C8H8/c1-10-5-6-12(15)13(7-10)18-9-11(17)8-16-14(2,3)4;1-2-8-6-4-3-5-7-8/h5-7,11,16-17H,8-9H2,1-4H3;2-7H,1H2. The molecule has 0 aliphatic rings. The highest BCUT2D eigenvalue weighted by Crippen LogP contribution is 2.25. The number of aliphatic hydroxyl groups is 1. The number of β-amino-alcohol motifs (C(OH)–C–C–N with tert-alkyl or cyclic N) is 1. The maximum Gasteiger partial charge on any atom is 0.138 e. The number of ether oxygens (including phenoxy) is 1. The summed E-state index contributed by atoms with van der Waals surface area (Å²) in [5.41, 5.74) is 2.24. The van der Waals surface area contributed by atoms with E-state index >= 15 is 0 Å². The van der Waals surface area contributed by atoms with Crippen LogP contribution in [0.15, 0.2) is 55.1 Å². The quantitative estimate of drug-likeness (QED) is 0.737. The van der Waals surface area contributed by atoms with Crippen molar-refractivity contribution >= 4 is 17.7 Å². The smallest absolute Gasteiger partial charge is 0.138 e. The topological polar surface area (TPSA) is 41.5 Å². The number of halogens is 1. The van der Waals surface area contributed by atoms with Gasteiger partial charge in [0.15, 0.2) is 0 Å². The summed E-state index contributed by atoms with van der Waals surface area (Å²) in [6.45, 7) is 12.5. The number of benzene rings is 2. The molecule has 2 rings (SSSR count). The number of aryl methyl sites for hydroxylation is 1. The molecular formula is C22H30ClNO2. The largest absolute Gasteiger partial charge is 0.489 e. The molecule has 0 aliphatic heterocycles. The molecule has 0 aliphatic carbocycles. The van der Waals surface area contributed by atoms with Crippen molar-refractivity contribution in [3.63, 3.8) is 0 Å². The third-order valence-corrected chi connectivity index (χ3v) is 3.73. The van der Waals surface area contributed by atoms with Crippen LogP contribution in [0.3, 0.4) is 0 Å². The number of hydrogen-bond donors (Lipinski definition) is 2. The Kier molecular flexibility index (Phi) is 9.42. The lowest BCUT2D eigenvalue weighted by molar-refractivity contribution is 0.100. The first kappa shape index (κ1) is 22.2. The van der Waals surface area contributed by atoms with Crippen molar-refractivity contribution in [3.8, 4) is 5.75 Å². The van der Waals surface area contributed by atoms with Crippen molar-refractivity contribution in [1.29, 1.82) is 0 Å². The summed E-state index contributed by atoms with van der Waals surface area (Å²) in [4.78, 5) is 0. The van der Waals surface area contributed by atoms with Crippen LogP contribution in [-0.4, -0.2) is 29.9 Å². The maximum atomic E-state index is 9.80. The lowest BCUT2D eigenvalue weighted by atomic mass is 10.1. The highest BCUT2D eigenvalue weighted by atomic mass is 35.5. The van der Waals surface area contributed by atoms with Crippen molar-refractivity contribution in [1.82, 2.24) is 5.32 Å². The van der Waals surface area contributed by atoms with Gasteiger partial charge in [-0.25, -0.2) is 0 Å². The molecule has 0 heterocycles. The van der Waals surface area contributed by atoms with E-state index in [4.69, 9.17) is 16.3 Å². The van der Waals surface area contributed by atoms with E-state index in [0.717, 1.165) is 5.56 Å². The van der Waals surface area contributed by atoms with Crippen molar-refractivity contribution in [3.05, 3.63) is 71.3 Å². The summed E-state index contributed by atoms with van der Waals surface area (Å²) in [6, 6.07) is 15.6. The van der Waals surface area contributed by atoms with Crippen LogP contribution in [0.5, 0.6) is 5.75 Å². The highest BCUT2D eigenvalue weighted by Gasteiger charge is 2.13. The van der Waals surface area contributed by atoms with E-state index in [9.17, 15) is 5.11 Å². The van der Waals surface area contributed by atoms with E-state index in [1.165, 1.54) is 5.56 Å². The maximum absolute atomic E-state index is 9.80. The van der Waals surface area contributed by atoms with E-state index in [1.54, 1.807) is 6.07 Å². The zero-order chi connectivity index (χ0) is 19.6. The fourth-order valence-electron chi connectivity index (χ4n) is 1.98. The minimum atomic E-state index is -0.555. The molecular weight excluding hydrogens is 346 g/mol. The van der Waals surface area contributed by atoms with Crippen LogP contribution in [0.2, 0.25) is 5.02 Å². The Labute approximate surface area is 162 Å². The first-order valence-electron chi connectivity index (χ1n) is 8.71. The molecule has 0 saturated heterocycles. The molecule has 0 radical (unpaired) electrons. The molecule has 0 aromatic heterocycles. The van der Waals surface area contributed by atoms with Gasteiger partial charge in [0.25, 0.3) is 0 Å². The molecule has 0 bridgehead atoms. The Bertz CT molecular complexity index is 666. The van der Waals surface area contributed by atoms with Crippen LogP contribution < -0.4 is 10.1 Å². The lowest BCUT2D eigenvalue weighted by Crippen LogP contribution is -2.42. The fourth-order valence-corrected chi connectivity index (χ4v) is 2.15. The average Bonchev–Trinajstić information content (AvgIpc) is 2.61. The van der Waals surface area contributed by atoms with E-state index < -0.39 is 6.10 Å². The molecule has 3 nitrogen and oxygen atoms in total. The molecule has 1 atom stereocenters. The molecule has 0 fully saturated rings. The first-order valence-corrected chi connectivity index (χ1v) is 9.08. The number of hydrogen-bond acceptors (Lipinski definition) is 3. The van der Waals surface area contributed by atoms with Gasteiger partial charge in [0, 0.05) is 12.1 Å². The van der Waals surface area contributed by atoms with Gasteiger partial charge in [0.05, 0.1) is 5.02 Å². The third-order valence-electron chi connectivity index (χ3n) is 3.42. The second kappa shape index (κ2) is 11.0. The van der Waals surface area contributed by atoms with Gasteiger partial charge in [-0.15, -0.1) is 0 Å². The molecule has 0 saturated carbocycles. The van der Waals surface area contributed by atoms with Gasteiger partial charge < -0.3 is 15.2 Å². The van der Waals surface area contributed by atoms with Gasteiger partial charge in [-0.2, -0.15) is 0 Å². The van der Waals surface area contributed by atoms with Crippen LogP contribution in [-0.2, 0) is 0 Å². The first-order chi connectivity index (χ1) is 12.2. The predicted molar refractivity (Wildman–Crippen MR) is 112 cm³/mol. The molecule has 0 amide bonds. The normalized spacial score (nSPS) is 11.9. The fraction of sp³-hybridized carbons (Fsp3) is 0.364. The van der Waals surface area contributed by atoms with Crippen molar-refractivity contribution in [2.24, 2.45) is 0 Å². The van der Waals surface area contributed by atoms with Gasteiger partial charge in [-0.3, -0.25) is 0 Å². The van der Waals surface area contributed by atoms with Gasteiger partial charge >= 0.3 is 0 Å². The average molecular weight is 376 g/mol. The SMILES string of the molecule is C=Cc1ccccc1.Cc1ccc(Cl)c(OCC(O)CNC(C)(C)C)c1. The molecule has 142 valence electrons. The van der Waals surface area contributed by atoms with Crippen molar-refractivity contribution < 1.29 is 9.84 Å². The summed E-state index contributed by atoms with van der Waals surface area (Å²) >= 11 is 6.01. The summed E-state index contributed by atoms with van der Waals surface area (Å²) in [5.74, 6) is 0.617. The van der Waals surface area contributed by atoms with Gasteiger partial charge in [-0.1, -0.05) is 60.7 Å². The number of nitrogens with one attached hydrogen (secondary N) is 1. The van der Waals surface area contributed by atoms with Crippen molar-refractivity contribution in [2.45, 2.75) is 39.3 Å². The van der Waals surface area contributed by atoms with Crippen LogP contribution in [0.25, 0.3) is 6.08 Å². The Morgan fingerprint density at radius 1 is 1.19 bits per heavy atom. The zero-order valence-corrected chi connectivity index (χ0v) is 16.9. The van der Waals surface area contributed by atoms with Crippen LogP contribution in [0.4, 0.5) is 0 Å². The molecule has 0 spiro atoms. The van der Waals surface area contributed by atoms with E-state index in [0.29, 0.717) is 17.3 Å². The van der Waals surface area contributed by atoms with Gasteiger partial charge in [0.1, 0.15) is 18.5 Å². The third kappa shape index (κ3) is 9.62. The number of rotatable bonds is 6. The molecule has 2 aromatic rings. The Hall–Kier alpha value is -1.81. The van der Waals surface area contributed by atoms with E-state index in [1.807, 2.05) is 55.5 Å². The van der Waals surface area contributed by atoms with E-state index in [-0.39, 0.29) is 12.1 Å². The summed E-state index contributed by atoms with van der Waals surface area (Å²) in [5, 5.41) is 13.6. The molecule has 2 aromatic carbocycles. The highest BCUT2D eigenvalue weighted by molar-refractivity contribution is 6.32. The molecule has 4 heteroatoms. The molecule has 2 N–H and O–H groups in total. The van der Waals surface area contributed by atoms with Crippen LogP contribution in [0.1, 0.15) is 31.9 Å². The lowest BCUT2D eigenvalue weighted by Gasteiger charge is -2.23.